The van der Waals surface area contributed by atoms with Gasteiger partial charge in [-0.2, -0.15) is 0 Å². The molecular formula is C12H15F4NO. The van der Waals surface area contributed by atoms with E-state index in [-0.39, 0.29) is 5.56 Å². The summed E-state index contributed by atoms with van der Waals surface area (Å²) in [6, 6.07) is 5.02. The molecule has 1 aromatic rings. The summed E-state index contributed by atoms with van der Waals surface area (Å²) in [4.78, 5) is 0. The second-order valence-electron chi connectivity index (χ2n) is 4.57. The Morgan fingerprint density at radius 2 is 1.72 bits per heavy atom. The number of alkyl halides is 3. The third-order valence-corrected chi connectivity index (χ3v) is 2.82. The van der Waals surface area contributed by atoms with Gasteiger partial charge < -0.3 is 10.8 Å². The fraction of sp³-hybridized carbons (Fsp3) is 0.500. The second kappa shape index (κ2) is 4.85. The lowest BCUT2D eigenvalue weighted by Gasteiger charge is -2.34. The Balaban J connectivity index is 3.11. The molecule has 0 saturated carbocycles. The van der Waals surface area contributed by atoms with Gasteiger partial charge in [0.05, 0.1) is 5.54 Å². The maximum Gasteiger partial charge on any atom is 0.273 e. The number of rotatable bonds is 4. The lowest BCUT2D eigenvalue weighted by Crippen LogP contribution is -2.54. The Bertz CT molecular complexity index is 417. The van der Waals surface area contributed by atoms with E-state index < -0.39 is 29.6 Å². The van der Waals surface area contributed by atoms with Crippen LogP contribution in [0, 0.1) is 5.82 Å². The van der Waals surface area contributed by atoms with Crippen molar-refractivity contribution in [2.45, 2.75) is 37.6 Å². The summed E-state index contributed by atoms with van der Waals surface area (Å²) >= 11 is 0. The molecule has 1 unspecified atom stereocenters. The fourth-order valence-electron chi connectivity index (χ4n) is 1.63. The molecule has 102 valence electrons. The quantitative estimate of drug-likeness (QED) is 0.821. The molecule has 0 heterocycles. The standard InChI is InChI=1S/C12H15F4NO/c1-11(17,7-5-3-4-6-8(7)13)9(14)10(18)12(2,15)16/h3-6,9-10,18H,17H2,1-2H3/t9-,10?,11+/m0/s1. The van der Waals surface area contributed by atoms with E-state index in [1.54, 1.807) is 0 Å². The minimum absolute atomic E-state index is 0.263. The van der Waals surface area contributed by atoms with Crippen LogP contribution in [-0.4, -0.2) is 23.3 Å². The minimum Gasteiger partial charge on any atom is -0.384 e. The molecule has 0 radical (unpaired) electrons. The average Bonchev–Trinajstić information content (AvgIpc) is 2.26. The largest absolute Gasteiger partial charge is 0.384 e. The molecule has 3 atom stereocenters. The SMILES string of the molecule is CC(F)(F)C(O)[C@H](F)[C@](C)(N)c1ccccc1F. The van der Waals surface area contributed by atoms with Gasteiger partial charge in [-0.1, -0.05) is 18.2 Å². The Morgan fingerprint density at radius 1 is 1.22 bits per heavy atom. The van der Waals surface area contributed by atoms with Crippen molar-refractivity contribution >= 4 is 0 Å². The molecule has 0 spiro atoms. The van der Waals surface area contributed by atoms with Crippen LogP contribution in [-0.2, 0) is 5.54 Å². The first-order valence-electron chi connectivity index (χ1n) is 5.32. The number of nitrogens with two attached hydrogens (primary N) is 1. The van der Waals surface area contributed by atoms with E-state index in [9.17, 15) is 22.7 Å². The van der Waals surface area contributed by atoms with E-state index in [1.807, 2.05) is 0 Å². The van der Waals surface area contributed by atoms with E-state index >= 15 is 0 Å². The van der Waals surface area contributed by atoms with E-state index in [4.69, 9.17) is 5.73 Å². The van der Waals surface area contributed by atoms with E-state index in [1.165, 1.54) is 18.2 Å². The van der Waals surface area contributed by atoms with Crippen LogP contribution in [0.5, 0.6) is 0 Å². The molecule has 3 N–H and O–H groups in total. The molecule has 1 rings (SSSR count). The highest BCUT2D eigenvalue weighted by atomic mass is 19.3. The number of aliphatic hydroxyl groups excluding tert-OH is 1. The highest BCUT2D eigenvalue weighted by Gasteiger charge is 2.47. The third kappa shape index (κ3) is 2.81. The number of aliphatic hydroxyl groups is 1. The summed E-state index contributed by atoms with van der Waals surface area (Å²) in [6.45, 7) is 1.44. The average molecular weight is 265 g/mol. The summed E-state index contributed by atoms with van der Waals surface area (Å²) in [5.74, 6) is -4.47. The smallest absolute Gasteiger partial charge is 0.273 e. The summed E-state index contributed by atoms with van der Waals surface area (Å²) in [5.41, 5.74) is 3.26. The highest BCUT2D eigenvalue weighted by molar-refractivity contribution is 5.27. The zero-order valence-corrected chi connectivity index (χ0v) is 10.0. The molecule has 1 aromatic carbocycles. The van der Waals surface area contributed by atoms with Crippen molar-refractivity contribution in [1.82, 2.24) is 0 Å². The maximum absolute atomic E-state index is 13.9. The lowest BCUT2D eigenvalue weighted by molar-refractivity contribution is -0.136. The van der Waals surface area contributed by atoms with Crippen molar-refractivity contribution in [2.75, 3.05) is 0 Å². The highest BCUT2D eigenvalue weighted by Crippen LogP contribution is 2.33. The Kier molecular flexibility index (Phi) is 4.02. The third-order valence-electron chi connectivity index (χ3n) is 2.82. The number of hydrogen-bond acceptors (Lipinski definition) is 2. The predicted molar refractivity (Wildman–Crippen MR) is 59.5 cm³/mol. The van der Waals surface area contributed by atoms with Gasteiger partial charge in [-0.15, -0.1) is 0 Å². The zero-order valence-electron chi connectivity index (χ0n) is 10.0. The number of benzene rings is 1. The normalized spacial score (nSPS) is 19.1. The molecule has 0 aromatic heterocycles. The lowest BCUT2D eigenvalue weighted by atomic mass is 9.84. The van der Waals surface area contributed by atoms with E-state index in [2.05, 4.69) is 0 Å². The van der Waals surface area contributed by atoms with Gasteiger partial charge in [0.2, 0.25) is 0 Å². The summed E-state index contributed by atoms with van der Waals surface area (Å²) < 4.78 is 53.2. The van der Waals surface area contributed by atoms with Gasteiger partial charge in [-0.05, 0) is 13.0 Å². The Morgan fingerprint density at radius 3 is 2.17 bits per heavy atom. The van der Waals surface area contributed by atoms with Crippen molar-refractivity contribution in [3.63, 3.8) is 0 Å². The molecule has 0 saturated heterocycles. The monoisotopic (exact) mass is 265 g/mol. The van der Waals surface area contributed by atoms with Crippen molar-refractivity contribution in [3.8, 4) is 0 Å². The molecular weight excluding hydrogens is 250 g/mol. The molecule has 0 fully saturated rings. The summed E-state index contributed by atoms with van der Waals surface area (Å²) in [7, 11) is 0. The molecule has 0 aliphatic heterocycles. The van der Waals surface area contributed by atoms with Crippen LogP contribution in [0.3, 0.4) is 0 Å². The van der Waals surface area contributed by atoms with E-state index in [0.29, 0.717) is 6.92 Å². The van der Waals surface area contributed by atoms with Crippen LogP contribution >= 0.6 is 0 Å². The molecule has 0 bridgehead atoms. The van der Waals surface area contributed by atoms with Gasteiger partial charge in [-0.3, -0.25) is 0 Å². The van der Waals surface area contributed by atoms with Crippen molar-refractivity contribution in [3.05, 3.63) is 35.6 Å². The van der Waals surface area contributed by atoms with Crippen LogP contribution in [0.25, 0.3) is 0 Å². The molecule has 0 amide bonds. The minimum atomic E-state index is -3.66. The van der Waals surface area contributed by atoms with Crippen LogP contribution in [0.4, 0.5) is 17.6 Å². The fourth-order valence-corrected chi connectivity index (χ4v) is 1.63. The molecule has 0 aliphatic rings. The predicted octanol–water partition coefficient (Wildman–Crippen LogP) is 2.35. The van der Waals surface area contributed by atoms with Crippen LogP contribution in [0.1, 0.15) is 19.4 Å². The van der Waals surface area contributed by atoms with Crippen LogP contribution in [0.2, 0.25) is 0 Å². The van der Waals surface area contributed by atoms with Gasteiger partial charge in [0.15, 0.2) is 12.3 Å². The van der Waals surface area contributed by atoms with Crippen molar-refractivity contribution < 1.29 is 22.7 Å². The number of hydrogen-bond donors (Lipinski definition) is 2. The first kappa shape index (κ1) is 14.9. The van der Waals surface area contributed by atoms with Gasteiger partial charge in [0, 0.05) is 12.5 Å². The molecule has 0 aliphatic carbocycles. The van der Waals surface area contributed by atoms with Crippen molar-refractivity contribution in [1.29, 1.82) is 0 Å². The first-order valence-corrected chi connectivity index (χ1v) is 5.32. The van der Waals surface area contributed by atoms with Crippen LogP contribution < -0.4 is 5.73 Å². The van der Waals surface area contributed by atoms with Gasteiger partial charge in [0.1, 0.15) is 5.82 Å². The second-order valence-corrected chi connectivity index (χ2v) is 4.57. The molecule has 6 heteroatoms. The van der Waals surface area contributed by atoms with Crippen LogP contribution in [0.15, 0.2) is 24.3 Å². The zero-order chi connectivity index (χ0) is 14.1. The Hall–Kier alpha value is -1.14. The van der Waals surface area contributed by atoms with Crippen molar-refractivity contribution in [2.24, 2.45) is 5.73 Å². The first-order chi connectivity index (χ1) is 8.08. The van der Waals surface area contributed by atoms with Gasteiger partial charge in [-0.25, -0.2) is 17.6 Å². The number of halogens is 4. The van der Waals surface area contributed by atoms with E-state index in [0.717, 1.165) is 13.0 Å². The molecule has 2 nitrogen and oxygen atoms in total. The topological polar surface area (TPSA) is 46.2 Å². The van der Waals surface area contributed by atoms with Gasteiger partial charge >= 0.3 is 0 Å². The summed E-state index contributed by atoms with van der Waals surface area (Å²) in [6.07, 6.45) is -5.11. The summed E-state index contributed by atoms with van der Waals surface area (Å²) in [5, 5.41) is 9.21. The van der Waals surface area contributed by atoms with Gasteiger partial charge in [0.25, 0.3) is 5.92 Å². The molecule has 18 heavy (non-hydrogen) atoms. The Labute approximate surface area is 102 Å². The maximum atomic E-state index is 13.9.